The summed E-state index contributed by atoms with van der Waals surface area (Å²) in [5, 5.41) is 8.37. The van der Waals surface area contributed by atoms with Gasteiger partial charge in [0.2, 0.25) is 0 Å². The first-order valence-corrected chi connectivity index (χ1v) is 5.28. The number of hydrogen-bond donors (Lipinski definition) is 1. The first-order valence-electron chi connectivity index (χ1n) is 4.05. The van der Waals surface area contributed by atoms with E-state index in [1.165, 1.54) is 11.8 Å². The van der Waals surface area contributed by atoms with Gasteiger partial charge in [-0.2, -0.15) is 0 Å². The molecule has 0 radical (unpaired) electrons. The Morgan fingerprint density at radius 3 is 2.80 bits per heavy atom. The molecular weight excluding hydrogens is 212 g/mol. The van der Waals surface area contributed by atoms with Gasteiger partial charge in [0.05, 0.1) is 0 Å². The number of aldehydes is 1. The van der Waals surface area contributed by atoms with Crippen LogP contribution < -0.4 is 0 Å². The summed E-state index contributed by atoms with van der Waals surface area (Å²) in [6.45, 7) is 0. The van der Waals surface area contributed by atoms with Gasteiger partial charge in [-0.3, -0.25) is 4.79 Å². The normalized spacial score (nSPS) is 8.87. The highest BCUT2D eigenvalue weighted by molar-refractivity contribution is 7.98. The van der Waals surface area contributed by atoms with Crippen LogP contribution in [0.3, 0.4) is 0 Å². The third kappa shape index (κ3) is 3.15. The van der Waals surface area contributed by atoms with E-state index < -0.39 is 5.97 Å². The quantitative estimate of drug-likeness (QED) is 0.468. The lowest BCUT2D eigenvalue weighted by Crippen LogP contribution is -1.89. The van der Waals surface area contributed by atoms with Crippen molar-refractivity contribution in [2.24, 2.45) is 0 Å². The average Bonchev–Trinajstić information content (AvgIpc) is 2.25. The van der Waals surface area contributed by atoms with Crippen molar-refractivity contribution < 1.29 is 14.7 Å². The molecule has 0 heterocycles. The number of carboxylic acids is 1. The van der Waals surface area contributed by atoms with Crippen molar-refractivity contribution in [1.82, 2.24) is 0 Å². The number of carbonyl (C=O) groups excluding carboxylic acids is 1. The third-order valence-electron chi connectivity index (χ3n) is 1.67. The molecule has 0 amide bonds. The van der Waals surface area contributed by atoms with Crippen molar-refractivity contribution in [2.75, 3.05) is 6.26 Å². The van der Waals surface area contributed by atoms with Crippen LogP contribution >= 0.6 is 11.8 Å². The largest absolute Gasteiger partial charge is 0.472 e. The Kier molecular flexibility index (Phi) is 3.95. The molecular formula is C11H8O3S. The molecule has 0 aliphatic rings. The second kappa shape index (κ2) is 5.23. The number of aliphatic carboxylic acids is 1. The topological polar surface area (TPSA) is 54.4 Å². The molecule has 1 rings (SSSR count). The lowest BCUT2D eigenvalue weighted by molar-refractivity contribution is -0.130. The van der Waals surface area contributed by atoms with Crippen LogP contribution in [0.25, 0.3) is 0 Å². The molecule has 0 aliphatic heterocycles. The predicted molar refractivity (Wildman–Crippen MR) is 58.1 cm³/mol. The van der Waals surface area contributed by atoms with Crippen molar-refractivity contribution in [2.45, 2.75) is 4.90 Å². The summed E-state index contributed by atoms with van der Waals surface area (Å²) in [6, 6.07) is 4.95. The zero-order chi connectivity index (χ0) is 11.3. The van der Waals surface area contributed by atoms with E-state index in [-0.39, 0.29) is 0 Å². The Morgan fingerprint density at radius 2 is 2.27 bits per heavy atom. The molecule has 0 fully saturated rings. The SMILES string of the molecule is CSc1cc(C#CC(=O)O)ccc1C=O. The second-order valence-corrected chi connectivity index (χ2v) is 3.48. The maximum atomic E-state index is 10.6. The van der Waals surface area contributed by atoms with Crippen molar-refractivity contribution in [3.8, 4) is 11.8 Å². The molecule has 0 aliphatic carbocycles. The van der Waals surface area contributed by atoms with Gasteiger partial charge >= 0.3 is 5.97 Å². The molecule has 3 nitrogen and oxygen atoms in total. The summed E-state index contributed by atoms with van der Waals surface area (Å²) in [5.74, 6) is 3.34. The van der Waals surface area contributed by atoms with Crippen LogP contribution in [0.4, 0.5) is 0 Å². The van der Waals surface area contributed by atoms with E-state index in [0.29, 0.717) is 11.1 Å². The fourth-order valence-corrected chi connectivity index (χ4v) is 1.61. The molecule has 15 heavy (non-hydrogen) atoms. The maximum absolute atomic E-state index is 10.6. The Hall–Kier alpha value is -1.73. The van der Waals surface area contributed by atoms with Gasteiger partial charge in [0, 0.05) is 21.9 Å². The molecule has 0 atom stereocenters. The monoisotopic (exact) mass is 220 g/mol. The molecule has 1 aromatic rings. The smallest absolute Gasteiger partial charge is 0.382 e. The summed E-state index contributed by atoms with van der Waals surface area (Å²) >= 11 is 1.42. The number of rotatable bonds is 2. The Balaban J connectivity index is 3.10. The minimum absolute atomic E-state index is 0.586. The van der Waals surface area contributed by atoms with Gasteiger partial charge in [-0.15, -0.1) is 11.8 Å². The highest BCUT2D eigenvalue weighted by Crippen LogP contribution is 2.20. The van der Waals surface area contributed by atoms with Gasteiger partial charge in [0.15, 0.2) is 6.29 Å². The summed E-state index contributed by atoms with van der Waals surface area (Å²) in [7, 11) is 0. The van der Waals surface area contributed by atoms with Crippen LogP contribution in [0.1, 0.15) is 15.9 Å². The summed E-state index contributed by atoms with van der Waals surface area (Å²) in [4.78, 5) is 21.6. The van der Waals surface area contributed by atoms with E-state index in [2.05, 4.69) is 5.92 Å². The highest BCUT2D eigenvalue weighted by atomic mass is 32.2. The van der Waals surface area contributed by atoms with Gasteiger partial charge in [-0.25, -0.2) is 4.79 Å². The first-order chi connectivity index (χ1) is 7.17. The standard InChI is InChI=1S/C11H8O3S/c1-15-10-6-8(3-5-11(13)14)2-4-9(10)7-12/h2,4,6-7H,1H3,(H,13,14). The predicted octanol–water partition coefficient (Wildman–Crippen LogP) is 1.66. The lowest BCUT2D eigenvalue weighted by Gasteiger charge is -2.00. The molecule has 0 spiro atoms. The van der Waals surface area contributed by atoms with Crippen LogP contribution in [0, 0.1) is 11.8 Å². The molecule has 1 aromatic carbocycles. The Bertz CT molecular complexity index is 455. The Labute approximate surface area is 91.5 Å². The van der Waals surface area contributed by atoms with Crippen LogP contribution in [-0.4, -0.2) is 23.6 Å². The molecule has 0 aromatic heterocycles. The lowest BCUT2D eigenvalue weighted by atomic mass is 10.1. The molecule has 76 valence electrons. The Morgan fingerprint density at radius 1 is 1.53 bits per heavy atom. The van der Waals surface area contributed by atoms with Crippen molar-refractivity contribution in [3.05, 3.63) is 29.3 Å². The van der Waals surface area contributed by atoms with Crippen LogP contribution in [-0.2, 0) is 4.79 Å². The molecule has 0 unspecified atom stereocenters. The number of thioether (sulfide) groups is 1. The molecule has 0 saturated heterocycles. The van der Waals surface area contributed by atoms with Gasteiger partial charge in [-0.1, -0.05) is 5.92 Å². The summed E-state index contributed by atoms with van der Waals surface area (Å²) < 4.78 is 0. The minimum Gasteiger partial charge on any atom is -0.472 e. The summed E-state index contributed by atoms with van der Waals surface area (Å²) in [5.41, 5.74) is 1.18. The minimum atomic E-state index is -1.17. The molecule has 0 saturated carbocycles. The van der Waals surface area contributed by atoms with Gasteiger partial charge in [0.25, 0.3) is 0 Å². The van der Waals surface area contributed by atoms with E-state index in [4.69, 9.17) is 5.11 Å². The van der Waals surface area contributed by atoms with Crippen molar-refractivity contribution >= 4 is 24.0 Å². The zero-order valence-electron chi connectivity index (χ0n) is 7.98. The molecule has 1 N–H and O–H groups in total. The molecule has 0 bridgehead atoms. The highest BCUT2D eigenvalue weighted by Gasteiger charge is 2.00. The maximum Gasteiger partial charge on any atom is 0.382 e. The van der Waals surface area contributed by atoms with E-state index in [0.717, 1.165) is 11.2 Å². The number of hydrogen-bond acceptors (Lipinski definition) is 3. The number of benzene rings is 1. The first kappa shape index (κ1) is 11.3. The number of carboxylic acid groups (broad SMARTS) is 1. The van der Waals surface area contributed by atoms with Gasteiger partial charge in [-0.05, 0) is 24.5 Å². The van der Waals surface area contributed by atoms with Crippen LogP contribution in [0.15, 0.2) is 23.1 Å². The van der Waals surface area contributed by atoms with E-state index in [9.17, 15) is 9.59 Å². The van der Waals surface area contributed by atoms with Gasteiger partial charge in [0.1, 0.15) is 0 Å². The average molecular weight is 220 g/mol. The van der Waals surface area contributed by atoms with Gasteiger partial charge < -0.3 is 5.11 Å². The number of carbonyl (C=O) groups is 2. The van der Waals surface area contributed by atoms with Crippen molar-refractivity contribution in [3.63, 3.8) is 0 Å². The van der Waals surface area contributed by atoms with Crippen LogP contribution in [0.2, 0.25) is 0 Å². The third-order valence-corrected chi connectivity index (χ3v) is 2.47. The zero-order valence-corrected chi connectivity index (χ0v) is 8.80. The van der Waals surface area contributed by atoms with Crippen LogP contribution in [0.5, 0.6) is 0 Å². The van der Waals surface area contributed by atoms with E-state index in [1.54, 1.807) is 18.2 Å². The fraction of sp³-hybridized carbons (Fsp3) is 0.0909. The van der Waals surface area contributed by atoms with E-state index >= 15 is 0 Å². The summed E-state index contributed by atoms with van der Waals surface area (Å²) in [6.07, 6.45) is 2.61. The second-order valence-electron chi connectivity index (χ2n) is 2.63. The van der Waals surface area contributed by atoms with E-state index in [1.807, 2.05) is 12.2 Å². The molecule has 4 heteroatoms. The fourth-order valence-electron chi connectivity index (χ4n) is 1.01. The van der Waals surface area contributed by atoms with Crippen molar-refractivity contribution in [1.29, 1.82) is 0 Å².